The smallest absolute Gasteiger partial charge is 0.414 e. The number of nitrogens with zero attached hydrogens (tertiary/aromatic N) is 2. The van der Waals surface area contributed by atoms with Crippen LogP contribution in [0, 0.1) is 0 Å². The molecule has 3 rings (SSSR count). The molecule has 0 aromatic heterocycles. The second-order valence-electron chi connectivity index (χ2n) is 6.14. The molecule has 24 heavy (non-hydrogen) atoms. The molecule has 1 atom stereocenters. The lowest BCUT2D eigenvalue weighted by Gasteiger charge is -2.24. The first-order valence-corrected chi connectivity index (χ1v) is 9.69. The van der Waals surface area contributed by atoms with Gasteiger partial charge in [-0.3, -0.25) is 9.69 Å². The fourth-order valence-corrected chi connectivity index (χ4v) is 4.34. The SMILES string of the molecule is CCS[C@H]1CCCCN(C(=O)c2ccc(N3CCOC3=O)cc2)C1. The van der Waals surface area contributed by atoms with E-state index in [0.717, 1.165) is 31.0 Å². The Morgan fingerprint density at radius 2 is 2.04 bits per heavy atom. The molecule has 0 radical (unpaired) electrons. The minimum absolute atomic E-state index is 0.0918. The minimum atomic E-state index is -0.318. The minimum Gasteiger partial charge on any atom is -0.447 e. The van der Waals surface area contributed by atoms with E-state index in [1.54, 1.807) is 4.90 Å². The Kier molecular flexibility index (Phi) is 5.66. The molecule has 1 aromatic carbocycles. The van der Waals surface area contributed by atoms with Gasteiger partial charge in [0.05, 0.1) is 6.54 Å². The van der Waals surface area contributed by atoms with Crippen LogP contribution in [0.4, 0.5) is 10.5 Å². The number of ether oxygens (including phenoxy) is 1. The molecule has 0 spiro atoms. The highest BCUT2D eigenvalue weighted by molar-refractivity contribution is 7.99. The zero-order valence-corrected chi connectivity index (χ0v) is 14.9. The number of benzene rings is 1. The van der Waals surface area contributed by atoms with Crippen molar-refractivity contribution in [3.05, 3.63) is 29.8 Å². The first-order chi connectivity index (χ1) is 11.7. The summed E-state index contributed by atoms with van der Waals surface area (Å²) < 4.78 is 4.95. The lowest BCUT2D eigenvalue weighted by atomic mass is 10.1. The summed E-state index contributed by atoms with van der Waals surface area (Å²) in [5, 5.41) is 0.542. The summed E-state index contributed by atoms with van der Waals surface area (Å²) >= 11 is 1.95. The fourth-order valence-electron chi connectivity index (χ4n) is 3.25. The number of thioether (sulfide) groups is 1. The van der Waals surface area contributed by atoms with E-state index in [9.17, 15) is 9.59 Å². The maximum atomic E-state index is 12.8. The van der Waals surface area contributed by atoms with E-state index in [1.165, 1.54) is 12.8 Å². The maximum absolute atomic E-state index is 12.8. The highest BCUT2D eigenvalue weighted by atomic mass is 32.2. The molecule has 0 bridgehead atoms. The predicted octanol–water partition coefficient (Wildman–Crippen LogP) is 3.39. The van der Waals surface area contributed by atoms with Gasteiger partial charge in [-0.25, -0.2) is 4.79 Å². The maximum Gasteiger partial charge on any atom is 0.414 e. The van der Waals surface area contributed by atoms with Gasteiger partial charge >= 0.3 is 6.09 Å². The number of carbonyl (C=O) groups is 2. The van der Waals surface area contributed by atoms with E-state index in [2.05, 4.69) is 6.92 Å². The number of amides is 2. The van der Waals surface area contributed by atoms with Crippen LogP contribution in [0.1, 0.15) is 36.5 Å². The largest absolute Gasteiger partial charge is 0.447 e. The first kappa shape index (κ1) is 17.1. The van der Waals surface area contributed by atoms with E-state index >= 15 is 0 Å². The zero-order chi connectivity index (χ0) is 16.9. The summed E-state index contributed by atoms with van der Waals surface area (Å²) in [5.74, 6) is 1.18. The molecule has 0 saturated carbocycles. The van der Waals surface area contributed by atoms with Crippen molar-refractivity contribution < 1.29 is 14.3 Å². The number of hydrogen-bond acceptors (Lipinski definition) is 4. The highest BCUT2D eigenvalue weighted by Gasteiger charge is 2.25. The summed E-state index contributed by atoms with van der Waals surface area (Å²) in [6.45, 7) is 4.82. The van der Waals surface area contributed by atoms with Gasteiger partial charge in [-0.15, -0.1) is 0 Å². The standard InChI is InChI=1S/C18H24N2O3S/c1-2-24-16-5-3-4-10-19(13-16)17(21)14-6-8-15(9-7-14)20-11-12-23-18(20)22/h6-9,16H,2-5,10-13H2,1H3/t16-/m0/s1. The average molecular weight is 348 g/mol. The molecule has 2 amide bonds. The van der Waals surface area contributed by atoms with Crippen molar-refractivity contribution in [3.63, 3.8) is 0 Å². The third-order valence-electron chi connectivity index (χ3n) is 4.50. The lowest BCUT2D eigenvalue weighted by Crippen LogP contribution is -2.35. The molecule has 0 unspecified atom stereocenters. The Hall–Kier alpha value is -1.69. The quantitative estimate of drug-likeness (QED) is 0.837. The van der Waals surface area contributed by atoms with Crippen molar-refractivity contribution in [1.29, 1.82) is 0 Å². The summed E-state index contributed by atoms with van der Waals surface area (Å²) in [6, 6.07) is 7.29. The normalized spacial score (nSPS) is 21.5. The summed E-state index contributed by atoms with van der Waals surface area (Å²) in [7, 11) is 0. The molecule has 6 heteroatoms. The van der Waals surface area contributed by atoms with E-state index in [4.69, 9.17) is 4.74 Å². The van der Waals surface area contributed by atoms with Crippen LogP contribution in [0.25, 0.3) is 0 Å². The second-order valence-corrected chi connectivity index (χ2v) is 7.71. The summed E-state index contributed by atoms with van der Waals surface area (Å²) in [5.41, 5.74) is 1.47. The highest BCUT2D eigenvalue weighted by Crippen LogP contribution is 2.24. The van der Waals surface area contributed by atoms with Crippen LogP contribution >= 0.6 is 11.8 Å². The first-order valence-electron chi connectivity index (χ1n) is 8.64. The number of likely N-dealkylation sites (tertiary alicyclic amines) is 1. The van der Waals surface area contributed by atoms with Crippen LogP contribution in [-0.2, 0) is 4.74 Å². The van der Waals surface area contributed by atoms with Crippen molar-refractivity contribution in [1.82, 2.24) is 4.90 Å². The van der Waals surface area contributed by atoms with Gasteiger partial charge in [-0.05, 0) is 42.9 Å². The second kappa shape index (κ2) is 7.92. The van der Waals surface area contributed by atoms with Gasteiger partial charge in [0, 0.05) is 29.6 Å². The van der Waals surface area contributed by atoms with E-state index in [1.807, 2.05) is 40.9 Å². The predicted molar refractivity (Wildman–Crippen MR) is 96.8 cm³/mol. The Morgan fingerprint density at radius 3 is 2.71 bits per heavy atom. The van der Waals surface area contributed by atoms with Crippen LogP contribution in [0.15, 0.2) is 24.3 Å². The molecule has 1 aromatic rings. The number of anilines is 1. The number of hydrogen-bond donors (Lipinski definition) is 0. The monoisotopic (exact) mass is 348 g/mol. The van der Waals surface area contributed by atoms with Crippen molar-refractivity contribution in [2.75, 3.05) is 36.9 Å². The Morgan fingerprint density at radius 1 is 1.25 bits per heavy atom. The molecule has 0 N–H and O–H groups in total. The third kappa shape index (κ3) is 3.86. The van der Waals surface area contributed by atoms with Gasteiger partial charge in [0.2, 0.25) is 0 Å². The molecule has 130 valence electrons. The van der Waals surface area contributed by atoms with Crippen LogP contribution in [0.2, 0.25) is 0 Å². The van der Waals surface area contributed by atoms with Crippen LogP contribution < -0.4 is 4.90 Å². The Bertz CT molecular complexity index is 590. The molecular formula is C18H24N2O3S. The van der Waals surface area contributed by atoms with E-state index in [0.29, 0.717) is 24.0 Å². The number of cyclic esters (lactones) is 1. The van der Waals surface area contributed by atoms with Gasteiger partial charge in [0.25, 0.3) is 5.91 Å². The molecule has 2 aliphatic heterocycles. The average Bonchev–Trinajstić information content (AvgIpc) is 2.89. The fraction of sp³-hybridized carbons (Fsp3) is 0.556. The van der Waals surface area contributed by atoms with Crippen molar-refractivity contribution in [3.8, 4) is 0 Å². The summed E-state index contributed by atoms with van der Waals surface area (Å²) in [6.07, 6.45) is 3.14. The van der Waals surface area contributed by atoms with Crippen LogP contribution in [0.5, 0.6) is 0 Å². The van der Waals surface area contributed by atoms with Gasteiger partial charge in [0.1, 0.15) is 6.61 Å². The Balaban J connectivity index is 1.68. The molecule has 0 aliphatic carbocycles. The van der Waals surface area contributed by atoms with Gasteiger partial charge < -0.3 is 9.64 Å². The van der Waals surface area contributed by atoms with Crippen LogP contribution in [-0.4, -0.2) is 54.1 Å². The molecule has 2 heterocycles. The van der Waals surface area contributed by atoms with E-state index in [-0.39, 0.29) is 12.0 Å². The topological polar surface area (TPSA) is 49.9 Å². The van der Waals surface area contributed by atoms with Crippen molar-refractivity contribution in [2.24, 2.45) is 0 Å². The molecule has 5 nitrogen and oxygen atoms in total. The third-order valence-corrected chi connectivity index (χ3v) is 5.69. The van der Waals surface area contributed by atoms with Gasteiger partial charge in [-0.2, -0.15) is 11.8 Å². The van der Waals surface area contributed by atoms with Crippen molar-refractivity contribution in [2.45, 2.75) is 31.4 Å². The lowest BCUT2D eigenvalue weighted by molar-refractivity contribution is 0.0763. The van der Waals surface area contributed by atoms with Gasteiger partial charge in [-0.1, -0.05) is 13.3 Å². The molecular weight excluding hydrogens is 324 g/mol. The van der Waals surface area contributed by atoms with Crippen LogP contribution in [0.3, 0.4) is 0 Å². The van der Waals surface area contributed by atoms with Gasteiger partial charge in [0.15, 0.2) is 0 Å². The Labute approximate surface area is 147 Å². The van der Waals surface area contributed by atoms with Crippen molar-refractivity contribution >= 4 is 29.4 Å². The molecule has 2 fully saturated rings. The zero-order valence-electron chi connectivity index (χ0n) is 14.1. The molecule has 2 saturated heterocycles. The summed E-state index contributed by atoms with van der Waals surface area (Å²) in [4.78, 5) is 28.0. The number of rotatable bonds is 4. The molecule has 2 aliphatic rings. The number of carbonyl (C=O) groups excluding carboxylic acids is 2. The van der Waals surface area contributed by atoms with E-state index < -0.39 is 0 Å².